The van der Waals surface area contributed by atoms with Gasteiger partial charge in [0.05, 0.1) is 10.6 Å². The van der Waals surface area contributed by atoms with Crippen LogP contribution in [0.1, 0.15) is 25.8 Å². The van der Waals surface area contributed by atoms with Gasteiger partial charge >= 0.3 is 0 Å². The van der Waals surface area contributed by atoms with E-state index >= 15 is 0 Å². The van der Waals surface area contributed by atoms with E-state index in [4.69, 9.17) is 16.0 Å². The van der Waals surface area contributed by atoms with E-state index in [-0.39, 0.29) is 0 Å². The Balaban J connectivity index is 1.59. The SMILES string of the molecule is CC1CC(C)CN(Cc2ccc3oc(-c4ccccc4Cl)nc3c2)C1. The van der Waals surface area contributed by atoms with Crippen molar-refractivity contribution in [1.29, 1.82) is 0 Å². The number of rotatable bonds is 3. The molecule has 0 amide bonds. The van der Waals surface area contributed by atoms with Crippen molar-refractivity contribution < 1.29 is 4.42 Å². The van der Waals surface area contributed by atoms with Crippen LogP contribution in [0.2, 0.25) is 5.02 Å². The van der Waals surface area contributed by atoms with Crippen LogP contribution in [0.15, 0.2) is 46.9 Å². The third kappa shape index (κ3) is 3.58. The van der Waals surface area contributed by atoms with Gasteiger partial charge in [-0.05, 0) is 48.1 Å². The molecule has 1 saturated heterocycles. The van der Waals surface area contributed by atoms with Gasteiger partial charge in [0, 0.05) is 19.6 Å². The fourth-order valence-corrected chi connectivity index (χ4v) is 4.22. The Kier molecular flexibility index (Phi) is 4.53. The minimum Gasteiger partial charge on any atom is -0.436 e. The molecule has 0 N–H and O–H groups in total. The maximum Gasteiger partial charge on any atom is 0.228 e. The van der Waals surface area contributed by atoms with E-state index < -0.39 is 0 Å². The first-order valence-corrected chi connectivity index (χ1v) is 9.33. The molecule has 2 aromatic carbocycles. The van der Waals surface area contributed by atoms with Gasteiger partial charge in [-0.1, -0.05) is 43.6 Å². The summed E-state index contributed by atoms with van der Waals surface area (Å²) in [4.78, 5) is 7.21. The number of likely N-dealkylation sites (tertiary alicyclic amines) is 1. The molecular formula is C21H23ClN2O. The Morgan fingerprint density at radius 2 is 1.88 bits per heavy atom. The summed E-state index contributed by atoms with van der Waals surface area (Å²) < 4.78 is 5.90. The van der Waals surface area contributed by atoms with Crippen LogP contribution in [0.5, 0.6) is 0 Å². The number of nitrogens with zero attached hydrogens (tertiary/aromatic N) is 2. The van der Waals surface area contributed by atoms with Crippen molar-refractivity contribution in [3.8, 4) is 11.5 Å². The molecule has 3 aromatic rings. The zero-order chi connectivity index (χ0) is 17.4. The molecule has 1 aliphatic heterocycles. The summed E-state index contributed by atoms with van der Waals surface area (Å²) in [5.74, 6) is 2.12. The quantitative estimate of drug-likeness (QED) is 0.610. The molecule has 2 heterocycles. The Morgan fingerprint density at radius 3 is 2.64 bits per heavy atom. The summed E-state index contributed by atoms with van der Waals surface area (Å²) in [6.07, 6.45) is 1.33. The van der Waals surface area contributed by atoms with Crippen LogP contribution < -0.4 is 0 Å². The minimum atomic E-state index is 0.581. The minimum absolute atomic E-state index is 0.581. The molecule has 25 heavy (non-hydrogen) atoms. The number of piperidine rings is 1. The molecule has 3 nitrogen and oxygen atoms in total. The van der Waals surface area contributed by atoms with Crippen molar-refractivity contribution in [2.45, 2.75) is 26.8 Å². The number of hydrogen-bond donors (Lipinski definition) is 0. The predicted molar refractivity (Wildman–Crippen MR) is 103 cm³/mol. The number of aromatic nitrogens is 1. The lowest BCUT2D eigenvalue weighted by Gasteiger charge is -2.34. The van der Waals surface area contributed by atoms with Gasteiger partial charge in [-0.2, -0.15) is 0 Å². The summed E-state index contributed by atoms with van der Waals surface area (Å²) in [5, 5.41) is 0.658. The van der Waals surface area contributed by atoms with Gasteiger partial charge in [0.25, 0.3) is 0 Å². The standard InChI is InChI=1S/C21H23ClN2O/c1-14-9-15(2)12-24(11-14)13-16-7-8-20-19(10-16)23-21(25-20)17-5-3-4-6-18(17)22/h3-8,10,14-15H,9,11-13H2,1-2H3. The highest BCUT2D eigenvalue weighted by Gasteiger charge is 2.22. The zero-order valence-corrected chi connectivity index (χ0v) is 15.5. The fraction of sp³-hybridized carbons (Fsp3) is 0.381. The molecule has 1 fully saturated rings. The predicted octanol–water partition coefficient (Wildman–Crippen LogP) is 5.63. The molecule has 0 aliphatic carbocycles. The molecule has 4 heteroatoms. The lowest BCUT2D eigenvalue weighted by atomic mass is 9.91. The first kappa shape index (κ1) is 16.6. The highest BCUT2D eigenvalue weighted by molar-refractivity contribution is 6.33. The lowest BCUT2D eigenvalue weighted by Crippen LogP contribution is -2.38. The van der Waals surface area contributed by atoms with Crippen molar-refractivity contribution >= 4 is 22.7 Å². The van der Waals surface area contributed by atoms with E-state index in [0.29, 0.717) is 10.9 Å². The average Bonchev–Trinajstić information content (AvgIpc) is 2.97. The third-order valence-corrected chi connectivity index (χ3v) is 5.24. The van der Waals surface area contributed by atoms with E-state index in [2.05, 4.69) is 35.9 Å². The van der Waals surface area contributed by atoms with Gasteiger partial charge in [0.2, 0.25) is 5.89 Å². The van der Waals surface area contributed by atoms with E-state index in [9.17, 15) is 0 Å². The van der Waals surface area contributed by atoms with E-state index in [1.54, 1.807) is 0 Å². The van der Waals surface area contributed by atoms with Crippen LogP contribution in [-0.2, 0) is 6.54 Å². The number of benzene rings is 2. The summed E-state index contributed by atoms with van der Waals surface area (Å²) >= 11 is 6.27. The van der Waals surface area contributed by atoms with Crippen molar-refractivity contribution in [2.75, 3.05) is 13.1 Å². The molecule has 130 valence electrons. The molecule has 0 bridgehead atoms. The Hall–Kier alpha value is -1.84. The van der Waals surface area contributed by atoms with Crippen LogP contribution in [-0.4, -0.2) is 23.0 Å². The van der Waals surface area contributed by atoms with Crippen LogP contribution in [0, 0.1) is 11.8 Å². The zero-order valence-electron chi connectivity index (χ0n) is 14.7. The van der Waals surface area contributed by atoms with Crippen molar-refractivity contribution in [2.24, 2.45) is 11.8 Å². The summed E-state index contributed by atoms with van der Waals surface area (Å²) in [7, 11) is 0. The third-order valence-electron chi connectivity index (χ3n) is 4.91. The summed E-state index contributed by atoms with van der Waals surface area (Å²) in [6.45, 7) is 8.01. The molecule has 0 saturated carbocycles. The molecule has 2 unspecified atom stereocenters. The molecule has 2 atom stereocenters. The molecule has 4 rings (SSSR count). The Labute approximate surface area is 153 Å². The molecular weight excluding hydrogens is 332 g/mol. The smallest absolute Gasteiger partial charge is 0.228 e. The van der Waals surface area contributed by atoms with Crippen molar-refractivity contribution in [3.05, 3.63) is 53.1 Å². The van der Waals surface area contributed by atoms with Gasteiger partial charge in [0.15, 0.2) is 5.58 Å². The fourth-order valence-electron chi connectivity index (χ4n) is 4.00. The first-order chi connectivity index (χ1) is 12.1. The van der Waals surface area contributed by atoms with Gasteiger partial charge in [0.1, 0.15) is 5.52 Å². The summed E-state index contributed by atoms with van der Waals surface area (Å²) in [6, 6.07) is 14.0. The highest BCUT2D eigenvalue weighted by Crippen LogP contribution is 2.30. The molecule has 1 aromatic heterocycles. The number of hydrogen-bond acceptors (Lipinski definition) is 3. The second kappa shape index (κ2) is 6.81. The summed E-state index contributed by atoms with van der Waals surface area (Å²) in [5.41, 5.74) is 3.82. The van der Waals surface area contributed by atoms with E-state index in [1.807, 2.05) is 30.3 Å². The number of halogens is 1. The highest BCUT2D eigenvalue weighted by atomic mass is 35.5. The largest absolute Gasteiger partial charge is 0.436 e. The molecule has 0 spiro atoms. The maximum atomic E-state index is 6.27. The normalized spacial score (nSPS) is 21.7. The number of fused-ring (bicyclic) bond motifs is 1. The van der Waals surface area contributed by atoms with Gasteiger partial charge in [-0.25, -0.2) is 4.98 Å². The van der Waals surface area contributed by atoms with Gasteiger partial charge in [-0.15, -0.1) is 0 Å². The second-order valence-corrected chi connectivity index (χ2v) is 7.85. The molecule has 1 aliphatic rings. The first-order valence-electron chi connectivity index (χ1n) is 8.95. The van der Waals surface area contributed by atoms with E-state index in [1.165, 1.54) is 25.1 Å². The van der Waals surface area contributed by atoms with Crippen LogP contribution >= 0.6 is 11.6 Å². The lowest BCUT2D eigenvalue weighted by molar-refractivity contribution is 0.134. The Bertz CT molecular complexity index is 878. The Morgan fingerprint density at radius 1 is 1.12 bits per heavy atom. The van der Waals surface area contributed by atoms with Crippen LogP contribution in [0.4, 0.5) is 0 Å². The van der Waals surface area contributed by atoms with Gasteiger partial charge < -0.3 is 4.42 Å². The number of oxazole rings is 1. The average molecular weight is 355 g/mol. The monoisotopic (exact) mass is 354 g/mol. The van der Waals surface area contributed by atoms with Gasteiger partial charge in [-0.3, -0.25) is 4.90 Å². The molecule has 0 radical (unpaired) electrons. The maximum absolute atomic E-state index is 6.27. The van der Waals surface area contributed by atoms with Crippen LogP contribution in [0.25, 0.3) is 22.6 Å². The van der Waals surface area contributed by atoms with Crippen molar-refractivity contribution in [1.82, 2.24) is 9.88 Å². The second-order valence-electron chi connectivity index (χ2n) is 7.44. The van der Waals surface area contributed by atoms with Crippen molar-refractivity contribution in [3.63, 3.8) is 0 Å². The topological polar surface area (TPSA) is 29.3 Å². The van der Waals surface area contributed by atoms with Crippen LogP contribution in [0.3, 0.4) is 0 Å². The van der Waals surface area contributed by atoms with E-state index in [0.717, 1.165) is 35.0 Å².